The molecular weight excluding hydrogens is 252 g/mol. The number of H-pyrrole nitrogens is 1. The third-order valence-corrected chi connectivity index (χ3v) is 4.31. The molecular formula is C15H26N4O. The van der Waals surface area contributed by atoms with E-state index >= 15 is 0 Å². The minimum absolute atomic E-state index is 0.0997. The SMILES string of the molecule is CCCN1CCC(N(C)C(=O)c2c(C)n[nH]c2C)CC1. The maximum Gasteiger partial charge on any atom is 0.257 e. The van der Waals surface area contributed by atoms with Gasteiger partial charge in [0.2, 0.25) is 0 Å². The van der Waals surface area contributed by atoms with Crippen molar-refractivity contribution in [3.05, 3.63) is 17.0 Å². The van der Waals surface area contributed by atoms with Gasteiger partial charge in [0.15, 0.2) is 0 Å². The lowest BCUT2D eigenvalue weighted by atomic mass is 10.0. The molecule has 5 heteroatoms. The Morgan fingerprint density at radius 3 is 2.55 bits per heavy atom. The van der Waals surface area contributed by atoms with E-state index in [1.165, 1.54) is 13.0 Å². The van der Waals surface area contributed by atoms with Crippen LogP contribution in [0.2, 0.25) is 0 Å². The molecule has 0 bridgehead atoms. The van der Waals surface area contributed by atoms with Gasteiger partial charge in [0.05, 0.1) is 11.3 Å². The molecule has 112 valence electrons. The van der Waals surface area contributed by atoms with E-state index in [-0.39, 0.29) is 5.91 Å². The number of nitrogens with zero attached hydrogens (tertiary/aromatic N) is 3. The van der Waals surface area contributed by atoms with Gasteiger partial charge < -0.3 is 9.80 Å². The Hall–Kier alpha value is -1.36. The molecule has 1 fully saturated rings. The molecule has 2 heterocycles. The molecule has 1 N–H and O–H groups in total. The van der Waals surface area contributed by atoms with Crippen molar-refractivity contribution < 1.29 is 4.79 Å². The molecule has 1 saturated heterocycles. The summed E-state index contributed by atoms with van der Waals surface area (Å²) >= 11 is 0. The monoisotopic (exact) mass is 278 g/mol. The molecule has 2 rings (SSSR count). The molecule has 1 aliphatic rings. The highest BCUT2D eigenvalue weighted by atomic mass is 16.2. The molecule has 1 aliphatic heterocycles. The molecule has 0 aromatic carbocycles. The van der Waals surface area contributed by atoms with Gasteiger partial charge in [0, 0.05) is 31.9 Å². The summed E-state index contributed by atoms with van der Waals surface area (Å²) in [6.07, 6.45) is 3.34. The zero-order valence-electron chi connectivity index (χ0n) is 13.1. The first-order valence-electron chi connectivity index (χ1n) is 7.55. The van der Waals surface area contributed by atoms with Gasteiger partial charge in [-0.3, -0.25) is 9.89 Å². The van der Waals surface area contributed by atoms with E-state index in [4.69, 9.17) is 0 Å². The molecule has 1 amide bonds. The highest BCUT2D eigenvalue weighted by Gasteiger charge is 2.27. The van der Waals surface area contributed by atoms with E-state index in [0.717, 1.165) is 42.9 Å². The van der Waals surface area contributed by atoms with Crippen molar-refractivity contribution in [3.8, 4) is 0 Å². The maximum atomic E-state index is 12.6. The number of carbonyl (C=O) groups excluding carboxylic acids is 1. The van der Waals surface area contributed by atoms with Crippen LogP contribution in [0.25, 0.3) is 0 Å². The largest absolute Gasteiger partial charge is 0.339 e. The summed E-state index contributed by atoms with van der Waals surface area (Å²) in [7, 11) is 1.92. The van der Waals surface area contributed by atoms with Crippen LogP contribution in [0.4, 0.5) is 0 Å². The van der Waals surface area contributed by atoms with Crippen LogP contribution in [0.1, 0.15) is 47.9 Å². The predicted octanol–water partition coefficient (Wildman–Crippen LogP) is 1.97. The number of aryl methyl sites for hydroxylation is 2. The first kappa shape index (κ1) is 15.0. The minimum Gasteiger partial charge on any atom is -0.339 e. The standard InChI is InChI=1S/C15H26N4O/c1-5-8-19-9-6-13(7-10-19)18(4)15(20)14-11(2)16-17-12(14)3/h13H,5-10H2,1-4H3,(H,16,17). The fourth-order valence-corrected chi connectivity index (χ4v) is 3.05. The topological polar surface area (TPSA) is 52.2 Å². The molecule has 1 aromatic heterocycles. The minimum atomic E-state index is 0.0997. The number of hydrogen-bond acceptors (Lipinski definition) is 3. The second-order valence-corrected chi connectivity index (χ2v) is 5.80. The zero-order chi connectivity index (χ0) is 14.7. The smallest absolute Gasteiger partial charge is 0.257 e. The van der Waals surface area contributed by atoms with Gasteiger partial charge in [-0.15, -0.1) is 0 Å². The van der Waals surface area contributed by atoms with Crippen LogP contribution in [0.3, 0.4) is 0 Å². The van der Waals surface area contributed by atoms with Gasteiger partial charge in [0.25, 0.3) is 5.91 Å². The van der Waals surface area contributed by atoms with Gasteiger partial charge in [-0.2, -0.15) is 5.10 Å². The van der Waals surface area contributed by atoms with Crippen LogP contribution < -0.4 is 0 Å². The summed E-state index contributed by atoms with van der Waals surface area (Å²) in [6.45, 7) is 9.37. The molecule has 0 saturated carbocycles. The number of carbonyl (C=O) groups is 1. The van der Waals surface area contributed by atoms with Gasteiger partial charge in [-0.25, -0.2) is 0 Å². The molecule has 0 aliphatic carbocycles. The van der Waals surface area contributed by atoms with Crippen LogP contribution >= 0.6 is 0 Å². The molecule has 0 unspecified atom stereocenters. The second-order valence-electron chi connectivity index (χ2n) is 5.80. The molecule has 20 heavy (non-hydrogen) atoms. The van der Waals surface area contributed by atoms with Crippen LogP contribution in [-0.4, -0.2) is 58.6 Å². The van der Waals surface area contributed by atoms with Gasteiger partial charge in [0.1, 0.15) is 0 Å². The molecule has 5 nitrogen and oxygen atoms in total. The van der Waals surface area contributed by atoms with E-state index in [2.05, 4.69) is 22.0 Å². The Balaban J connectivity index is 1.98. The summed E-state index contributed by atoms with van der Waals surface area (Å²) in [5, 5.41) is 7.01. The van der Waals surface area contributed by atoms with E-state index < -0.39 is 0 Å². The summed E-state index contributed by atoms with van der Waals surface area (Å²) in [5.41, 5.74) is 2.40. The lowest BCUT2D eigenvalue weighted by Crippen LogP contribution is -2.45. The number of piperidine rings is 1. The number of aromatic amines is 1. The van der Waals surface area contributed by atoms with Crippen LogP contribution in [0.5, 0.6) is 0 Å². The van der Waals surface area contributed by atoms with Crippen molar-refractivity contribution in [2.45, 2.75) is 46.1 Å². The number of likely N-dealkylation sites (tertiary alicyclic amines) is 1. The van der Waals surface area contributed by atoms with E-state index in [1.807, 2.05) is 25.8 Å². The quantitative estimate of drug-likeness (QED) is 0.916. The Bertz CT molecular complexity index is 441. The number of aromatic nitrogens is 2. The summed E-state index contributed by atoms with van der Waals surface area (Å²) in [6, 6.07) is 0.351. The Morgan fingerprint density at radius 2 is 2.05 bits per heavy atom. The van der Waals surface area contributed by atoms with Crippen molar-refractivity contribution in [2.75, 3.05) is 26.7 Å². The number of nitrogens with one attached hydrogen (secondary N) is 1. The summed E-state index contributed by atoms with van der Waals surface area (Å²) < 4.78 is 0. The maximum absolute atomic E-state index is 12.6. The molecule has 1 aromatic rings. The van der Waals surface area contributed by atoms with Crippen LogP contribution in [0, 0.1) is 13.8 Å². The number of rotatable bonds is 4. The predicted molar refractivity (Wildman–Crippen MR) is 79.9 cm³/mol. The van der Waals surface area contributed by atoms with Crippen molar-refractivity contribution in [3.63, 3.8) is 0 Å². The fraction of sp³-hybridized carbons (Fsp3) is 0.733. The number of amides is 1. The van der Waals surface area contributed by atoms with Crippen molar-refractivity contribution in [1.82, 2.24) is 20.0 Å². The third-order valence-electron chi connectivity index (χ3n) is 4.31. The van der Waals surface area contributed by atoms with Crippen molar-refractivity contribution in [2.24, 2.45) is 0 Å². The second kappa shape index (κ2) is 6.39. The van der Waals surface area contributed by atoms with Crippen LogP contribution in [0.15, 0.2) is 0 Å². The zero-order valence-corrected chi connectivity index (χ0v) is 13.1. The first-order chi connectivity index (χ1) is 9.54. The Labute approximate surface area is 121 Å². The summed E-state index contributed by atoms with van der Waals surface area (Å²) in [5.74, 6) is 0.0997. The van der Waals surface area contributed by atoms with E-state index in [0.29, 0.717) is 6.04 Å². The van der Waals surface area contributed by atoms with Gasteiger partial charge in [-0.1, -0.05) is 6.92 Å². The lowest BCUT2D eigenvalue weighted by Gasteiger charge is -2.36. The number of hydrogen-bond donors (Lipinski definition) is 1. The highest BCUT2D eigenvalue weighted by molar-refractivity contribution is 5.96. The first-order valence-corrected chi connectivity index (χ1v) is 7.55. The van der Waals surface area contributed by atoms with Crippen LogP contribution in [-0.2, 0) is 0 Å². The van der Waals surface area contributed by atoms with Gasteiger partial charge in [-0.05, 0) is 39.7 Å². The Morgan fingerprint density at radius 1 is 1.40 bits per heavy atom. The average molecular weight is 278 g/mol. The fourth-order valence-electron chi connectivity index (χ4n) is 3.05. The Kier molecular flexibility index (Phi) is 4.81. The lowest BCUT2D eigenvalue weighted by molar-refractivity contribution is 0.0641. The average Bonchev–Trinajstić information content (AvgIpc) is 2.78. The molecule has 0 atom stereocenters. The third kappa shape index (κ3) is 3.03. The van der Waals surface area contributed by atoms with Crippen molar-refractivity contribution in [1.29, 1.82) is 0 Å². The highest BCUT2D eigenvalue weighted by Crippen LogP contribution is 2.19. The molecule has 0 spiro atoms. The summed E-state index contributed by atoms with van der Waals surface area (Å²) in [4.78, 5) is 17.0. The van der Waals surface area contributed by atoms with Crippen molar-refractivity contribution >= 4 is 5.91 Å². The van der Waals surface area contributed by atoms with E-state index in [9.17, 15) is 4.79 Å². The normalized spacial score (nSPS) is 17.4. The van der Waals surface area contributed by atoms with Gasteiger partial charge >= 0.3 is 0 Å². The molecule has 0 radical (unpaired) electrons. The van der Waals surface area contributed by atoms with E-state index in [1.54, 1.807) is 0 Å².